The molecule has 2 saturated carbocycles. The van der Waals surface area contributed by atoms with Gasteiger partial charge in [-0.3, -0.25) is 19.3 Å². The maximum atomic E-state index is 12.5. The minimum Gasteiger partial charge on any atom is -0.325 e. The van der Waals surface area contributed by atoms with Crippen LogP contribution in [0.2, 0.25) is 0 Å². The lowest BCUT2D eigenvalue weighted by Gasteiger charge is -2.19. The Balaban J connectivity index is 1.46. The molecular weight excluding hydrogens is 280 g/mol. The molecule has 3 aliphatic rings. The first kappa shape index (κ1) is 13.5. The van der Waals surface area contributed by atoms with Crippen molar-refractivity contribution in [1.82, 2.24) is 4.90 Å². The van der Waals surface area contributed by atoms with E-state index in [9.17, 15) is 14.4 Å². The van der Waals surface area contributed by atoms with Crippen molar-refractivity contribution in [3.8, 4) is 0 Å². The summed E-state index contributed by atoms with van der Waals surface area (Å²) in [4.78, 5) is 38.3. The average molecular weight is 298 g/mol. The molecule has 4 atom stereocenters. The second-order valence-electron chi connectivity index (χ2n) is 6.56. The topological polar surface area (TPSA) is 66.5 Å². The van der Waals surface area contributed by atoms with E-state index < -0.39 is 0 Å². The highest BCUT2D eigenvalue weighted by Gasteiger charge is 2.60. The fourth-order valence-electron chi connectivity index (χ4n) is 4.49. The van der Waals surface area contributed by atoms with Gasteiger partial charge in [0.25, 0.3) is 0 Å². The van der Waals surface area contributed by atoms with E-state index in [-0.39, 0.29) is 36.1 Å². The standard InChI is InChI=1S/C17H18N2O3/c20-13(18-12-4-2-1-3-5-12)9-19-16(21)14-10-6-7-11(8-10)15(14)17(19)22/h1-5,10-11,14-15H,6-9H2,(H,18,20)/t10-,11+,14+,15-. The molecule has 2 bridgehead atoms. The van der Waals surface area contributed by atoms with Crippen molar-refractivity contribution in [3.05, 3.63) is 30.3 Å². The minimum absolute atomic E-state index is 0.134. The van der Waals surface area contributed by atoms with Gasteiger partial charge in [-0.25, -0.2) is 0 Å². The number of benzene rings is 1. The van der Waals surface area contributed by atoms with Crippen LogP contribution in [0.4, 0.5) is 5.69 Å². The Morgan fingerprint density at radius 3 is 2.23 bits per heavy atom. The zero-order valence-electron chi connectivity index (χ0n) is 12.2. The van der Waals surface area contributed by atoms with Crippen LogP contribution in [0.3, 0.4) is 0 Å². The fraction of sp³-hybridized carbons (Fsp3) is 0.471. The van der Waals surface area contributed by atoms with Crippen molar-refractivity contribution < 1.29 is 14.4 Å². The smallest absolute Gasteiger partial charge is 0.244 e. The third-order valence-electron chi connectivity index (χ3n) is 5.38. The van der Waals surface area contributed by atoms with Gasteiger partial charge in [0.05, 0.1) is 11.8 Å². The summed E-state index contributed by atoms with van der Waals surface area (Å²) in [5.41, 5.74) is 0.673. The molecule has 114 valence electrons. The molecule has 1 heterocycles. The molecule has 5 nitrogen and oxygen atoms in total. The summed E-state index contributed by atoms with van der Waals surface area (Å²) in [5.74, 6) is -0.190. The highest BCUT2D eigenvalue weighted by Crippen LogP contribution is 2.55. The zero-order chi connectivity index (χ0) is 15.3. The van der Waals surface area contributed by atoms with E-state index in [2.05, 4.69) is 5.32 Å². The summed E-state index contributed by atoms with van der Waals surface area (Å²) in [6.07, 6.45) is 3.11. The molecular formula is C17H18N2O3. The van der Waals surface area contributed by atoms with Crippen LogP contribution >= 0.6 is 0 Å². The largest absolute Gasteiger partial charge is 0.325 e. The number of likely N-dealkylation sites (tertiary alicyclic amines) is 1. The van der Waals surface area contributed by atoms with Crippen LogP contribution in [0, 0.1) is 23.7 Å². The summed E-state index contributed by atoms with van der Waals surface area (Å²) in [7, 11) is 0. The monoisotopic (exact) mass is 298 g/mol. The van der Waals surface area contributed by atoms with Crippen molar-refractivity contribution in [2.24, 2.45) is 23.7 Å². The van der Waals surface area contributed by atoms with Crippen LogP contribution in [0.5, 0.6) is 0 Å². The quantitative estimate of drug-likeness (QED) is 0.863. The van der Waals surface area contributed by atoms with Crippen molar-refractivity contribution in [1.29, 1.82) is 0 Å². The van der Waals surface area contributed by atoms with Crippen LogP contribution in [0.15, 0.2) is 30.3 Å². The molecule has 3 fully saturated rings. The number of amides is 3. The third-order valence-corrected chi connectivity index (χ3v) is 5.38. The molecule has 22 heavy (non-hydrogen) atoms. The summed E-state index contributed by atoms with van der Waals surface area (Å²) in [5, 5.41) is 2.73. The number of carbonyl (C=O) groups is 3. The van der Waals surface area contributed by atoms with E-state index in [1.54, 1.807) is 12.1 Å². The van der Waals surface area contributed by atoms with Gasteiger partial charge < -0.3 is 5.32 Å². The number of carbonyl (C=O) groups excluding carboxylic acids is 3. The van der Waals surface area contributed by atoms with Gasteiger partial charge in [0.2, 0.25) is 17.7 Å². The summed E-state index contributed by atoms with van der Waals surface area (Å²) in [6.45, 7) is -0.168. The normalized spacial score (nSPS) is 32.5. The SMILES string of the molecule is O=C(CN1C(=O)[C@@H]2[C@H]3CC[C@H](C3)[C@@H]2C1=O)Nc1ccccc1. The number of fused-ring (bicyclic) bond motifs is 5. The minimum atomic E-state index is -0.319. The Bertz CT molecular complexity index is 615. The van der Waals surface area contributed by atoms with Crippen molar-refractivity contribution in [2.75, 3.05) is 11.9 Å². The molecule has 3 amide bonds. The van der Waals surface area contributed by atoms with E-state index in [0.717, 1.165) is 19.3 Å². The van der Waals surface area contributed by atoms with Gasteiger partial charge in [0.1, 0.15) is 6.54 Å². The summed E-state index contributed by atoms with van der Waals surface area (Å²) < 4.78 is 0. The van der Waals surface area contributed by atoms with Crippen LogP contribution in [0.1, 0.15) is 19.3 Å². The lowest BCUT2D eigenvalue weighted by atomic mass is 9.81. The number of nitrogens with one attached hydrogen (secondary N) is 1. The molecule has 1 aromatic rings. The number of imide groups is 1. The van der Waals surface area contributed by atoms with Crippen LogP contribution < -0.4 is 5.32 Å². The Morgan fingerprint density at radius 1 is 1.05 bits per heavy atom. The molecule has 4 rings (SSSR count). The predicted molar refractivity (Wildman–Crippen MR) is 79.6 cm³/mol. The molecule has 1 N–H and O–H groups in total. The van der Waals surface area contributed by atoms with Gasteiger partial charge in [0.15, 0.2) is 0 Å². The van der Waals surface area contributed by atoms with Crippen molar-refractivity contribution in [3.63, 3.8) is 0 Å². The molecule has 0 radical (unpaired) electrons. The number of nitrogens with zero attached hydrogens (tertiary/aromatic N) is 1. The average Bonchev–Trinajstić information content (AvgIpc) is 3.18. The molecule has 0 aromatic heterocycles. The number of rotatable bonds is 3. The fourth-order valence-corrected chi connectivity index (χ4v) is 4.49. The number of hydrogen-bond donors (Lipinski definition) is 1. The lowest BCUT2D eigenvalue weighted by Crippen LogP contribution is -2.39. The van der Waals surface area contributed by atoms with E-state index in [0.29, 0.717) is 17.5 Å². The molecule has 2 aliphatic carbocycles. The lowest BCUT2D eigenvalue weighted by molar-refractivity contribution is -0.143. The zero-order valence-corrected chi connectivity index (χ0v) is 12.2. The Kier molecular flexibility index (Phi) is 3.03. The number of anilines is 1. The van der Waals surface area contributed by atoms with Gasteiger partial charge in [-0.1, -0.05) is 18.2 Å². The van der Waals surface area contributed by atoms with Crippen molar-refractivity contribution >= 4 is 23.4 Å². The molecule has 0 unspecified atom stereocenters. The Morgan fingerprint density at radius 2 is 1.64 bits per heavy atom. The molecule has 0 spiro atoms. The second-order valence-corrected chi connectivity index (χ2v) is 6.56. The van der Waals surface area contributed by atoms with Crippen LogP contribution in [-0.4, -0.2) is 29.2 Å². The first-order chi connectivity index (χ1) is 10.6. The Labute approximate surface area is 128 Å². The van der Waals surface area contributed by atoms with Gasteiger partial charge in [-0.2, -0.15) is 0 Å². The highest BCUT2D eigenvalue weighted by molar-refractivity contribution is 6.09. The number of hydrogen-bond acceptors (Lipinski definition) is 3. The van der Waals surface area contributed by atoms with Gasteiger partial charge in [-0.05, 0) is 43.2 Å². The van der Waals surface area contributed by atoms with E-state index in [1.807, 2.05) is 18.2 Å². The van der Waals surface area contributed by atoms with Crippen LogP contribution in [-0.2, 0) is 14.4 Å². The van der Waals surface area contributed by atoms with E-state index in [1.165, 1.54) is 4.90 Å². The molecule has 5 heteroatoms. The number of para-hydroxylation sites is 1. The van der Waals surface area contributed by atoms with Crippen LogP contribution in [0.25, 0.3) is 0 Å². The molecule has 1 aromatic carbocycles. The van der Waals surface area contributed by atoms with Gasteiger partial charge in [0, 0.05) is 5.69 Å². The van der Waals surface area contributed by atoms with Gasteiger partial charge in [-0.15, -0.1) is 0 Å². The Hall–Kier alpha value is -2.17. The second kappa shape index (κ2) is 4.93. The highest BCUT2D eigenvalue weighted by atomic mass is 16.2. The summed E-state index contributed by atoms with van der Waals surface area (Å²) >= 11 is 0. The first-order valence-electron chi connectivity index (χ1n) is 7.85. The van der Waals surface area contributed by atoms with E-state index >= 15 is 0 Å². The van der Waals surface area contributed by atoms with Gasteiger partial charge >= 0.3 is 0 Å². The molecule has 1 aliphatic heterocycles. The first-order valence-corrected chi connectivity index (χ1v) is 7.85. The third kappa shape index (κ3) is 1.95. The summed E-state index contributed by atoms with van der Waals surface area (Å²) in [6, 6.07) is 9.06. The maximum Gasteiger partial charge on any atom is 0.244 e. The maximum absolute atomic E-state index is 12.5. The van der Waals surface area contributed by atoms with E-state index in [4.69, 9.17) is 0 Å². The molecule has 1 saturated heterocycles. The van der Waals surface area contributed by atoms with Crippen molar-refractivity contribution in [2.45, 2.75) is 19.3 Å². The predicted octanol–water partition coefficient (Wildman–Crippen LogP) is 1.66.